The van der Waals surface area contributed by atoms with Crippen molar-refractivity contribution in [2.75, 3.05) is 18.5 Å². The highest BCUT2D eigenvalue weighted by molar-refractivity contribution is 9.09. The zero-order valence-electron chi connectivity index (χ0n) is 9.32. The van der Waals surface area contributed by atoms with E-state index in [0.717, 1.165) is 11.8 Å². The summed E-state index contributed by atoms with van der Waals surface area (Å²) in [7, 11) is 0. The standard InChI is InChI=1S/C13H17BrO2/c14-8-4-3-6-11-5-1-2-7-12(11)13-15-9-10-16-13/h1-2,5,7,13H,3-4,6,8-10H2. The van der Waals surface area contributed by atoms with E-state index in [1.54, 1.807) is 0 Å². The summed E-state index contributed by atoms with van der Waals surface area (Å²) in [6, 6.07) is 8.42. The third-order valence-corrected chi connectivity index (χ3v) is 3.32. The number of alkyl halides is 1. The molecular weight excluding hydrogens is 268 g/mol. The van der Waals surface area contributed by atoms with Crippen LogP contribution in [0.3, 0.4) is 0 Å². The maximum Gasteiger partial charge on any atom is 0.184 e. The van der Waals surface area contributed by atoms with Crippen molar-refractivity contribution >= 4 is 15.9 Å². The van der Waals surface area contributed by atoms with Crippen LogP contribution in [-0.2, 0) is 15.9 Å². The molecule has 1 heterocycles. The first-order valence-corrected chi connectivity index (χ1v) is 6.91. The number of unbranched alkanes of at least 4 members (excludes halogenated alkanes) is 1. The van der Waals surface area contributed by atoms with Crippen molar-refractivity contribution in [1.82, 2.24) is 0 Å². The van der Waals surface area contributed by atoms with Crippen LogP contribution >= 0.6 is 15.9 Å². The summed E-state index contributed by atoms with van der Waals surface area (Å²) in [6.07, 6.45) is 3.38. The molecule has 3 heteroatoms. The van der Waals surface area contributed by atoms with Gasteiger partial charge in [-0.3, -0.25) is 0 Å². The molecule has 16 heavy (non-hydrogen) atoms. The van der Waals surface area contributed by atoms with Crippen LogP contribution in [0.5, 0.6) is 0 Å². The van der Waals surface area contributed by atoms with Crippen LogP contribution in [0.1, 0.15) is 30.3 Å². The van der Waals surface area contributed by atoms with Crippen LogP contribution in [0.4, 0.5) is 0 Å². The molecule has 0 spiro atoms. The van der Waals surface area contributed by atoms with Gasteiger partial charge >= 0.3 is 0 Å². The second-order valence-corrected chi connectivity index (χ2v) is 4.71. The minimum absolute atomic E-state index is 0.139. The summed E-state index contributed by atoms with van der Waals surface area (Å²) in [4.78, 5) is 0. The Morgan fingerprint density at radius 3 is 2.62 bits per heavy atom. The Balaban J connectivity index is 2.04. The lowest BCUT2D eigenvalue weighted by atomic mass is 10.0. The fourth-order valence-electron chi connectivity index (χ4n) is 1.94. The van der Waals surface area contributed by atoms with E-state index < -0.39 is 0 Å². The zero-order chi connectivity index (χ0) is 11.2. The molecule has 0 N–H and O–H groups in total. The highest BCUT2D eigenvalue weighted by Crippen LogP contribution is 2.27. The molecular formula is C13H17BrO2. The van der Waals surface area contributed by atoms with E-state index >= 15 is 0 Å². The number of aryl methyl sites for hydroxylation is 1. The minimum Gasteiger partial charge on any atom is -0.346 e. The monoisotopic (exact) mass is 284 g/mol. The van der Waals surface area contributed by atoms with Crippen molar-refractivity contribution in [3.05, 3.63) is 35.4 Å². The Labute approximate surface area is 105 Å². The van der Waals surface area contributed by atoms with Crippen LogP contribution in [0.25, 0.3) is 0 Å². The predicted octanol–water partition coefficient (Wildman–Crippen LogP) is 3.45. The smallest absolute Gasteiger partial charge is 0.184 e. The van der Waals surface area contributed by atoms with Crippen LogP contribution in [0.2, 0.25) is 0 Å². The van der Waals surface area contributed by atoms with Gasteiger partial charge in [0.15, 0.2) is 6.29 Å². The van der Waals surface area contributed by atoms with E-state index in [-0.39, 0.29) is 6.29 Å². The summed E-state index contributed by atoms with van der Waals surface area (Å²) in [5.41, 5.74) is 2.56. The molecule has 2 rings (SSSR count). The van der Waals surface area contributed by atoms with Crippen LogP contribution in [0, 0.1) is 0 Å². The number of halogens is 1. The fourth-order valence-corrected chi connectivity index (χ4v) is 2.34. The lowest BCUT2D eigenvalue weighted by molar-refractivity contribution is -0.0447. The summed E-state index contributed by atoms with van der Waals surface area (Å²) >= 11 is 3.46. The summed E-state index contributed by atoms with van der Waals surface area (Å²) in [5, 5.41) is 1.07. The molecule has 88 valence electrons. The van der Waals surface area contributed by atoms with E-state index in [9.17, 15) is 0 Å². The number of rotatable bonds is 5. The third-order valence-electron chi connectivity index (χ3n) is 2.76. The van der Waals surface area contributed by atoms with Crippen LogP contribution in [0.15, 0.2) is 24.3 Å². The fraction of sp³-hybridized carbons (Fsp3) is 0.538. The first-order chi connectivity index (χ1) is 7.92. The average Bonchev–Trinajstić information content (AvgIpc) is 2.83. The lowest BCUT2D eigenvalue weighted by Crippen LogP contribution is -2.03. The van der Waals surface area contributed by atoms with Crippen molar-refractivity contribution in [3.8, 4) is 0 Å². The first-order valence-electron chi connectivity index (χ1n) is 5.79. The topological polar surface area (TPSA) is 18.5 Å². The summed E-state index contributed by atoms with van der Waals surface area (Å²) in [6.45, 7) is 1.42. The molecule has 2 nitrogen and oxygen atoms in total. The van der Waals surface area contributed by atoms with Crippen LogP contribution < -0.4 is 0 Å². The van der Waals surface area contributed by atoms with Crippen molar-refractivity contribution in [2.24, 2.45) is 0 Å². The van der Waals surface area contributed by atoms with E-state index in [2.05, 4.69) is 34.1 Å². The largest absolute Gasteiger partial charge is 0.346 e. The molecule has 0 unspecified atom stereocenters. The Bertz CT molecular complexity index is 321. The SMILES string of the molecule is BrCCCCc1ccccc1C1OCCO1. The normalized spacial score (nSPS) is 16.8. The van der Waals surface area contributed by atoms with Crippen molar-refractivity contribution < 1.29 is 9.47 Å². The Morgan fingerprint density at radius 1 is 1.12 bits per heavy atom. The molecule has 1 aliphatic rings. The van der Waals surface area contributed by atoms with Gasteiger partial charge in [0, 0.05) is 10.9 Å². The molecule has 1 aromatic rings. The molecule has 1 aliphatic heterocycles. The number of ether oxygens (including phenoxy) is 2. The van der Waals surface area contributed by atoms with Gasteiger partial charge in [0.2, 0.25) is 0 Å². The second kappa shape index (κ2) is 6.38. The predicted molar refractivity (Wildman–Crippen MR) is 67.8 cm³/mol. The van der Waals surface area contributed by atoms with Crippen molar-refractivity contribution in [3.63, 3.8) is 0 Å². The maximum atomic E-state index is 5.55. The van der Waals surface area contributed by atoms with Gasteiger partial charge in [-0.25, -0.2) is 0 Å². The summed E-state index contributed by atoms with van der Waals surface area (Å²) in [5.74, 6) is 0. The van der Waals surface area contributed by atoms with Crippen molar-refractivity contribution in [2.45, 2.75) is 25.6 Å². The van der Waals surface area contributed by atoms with Gasteiger partial charge in [-0.1, -0.05) is 40.2 Å². The highest BCUT2D eigenvalue weighted by atomic mass is 79.9. The third kappa shape index (κ3) is 3.06. The molecule has 0 aromatic heterocycles. The molecule has 0 amide bonds. The van der Waals surface area contributed by atoms with E-state index in [1.807, 2.05) is 6.07 Å². The Hall–Kier alpha value is -0.380. The van der Waals surface area contributed by atoms with Gasteiger partial charge in [-0.05, 0) is 24.8 Å². The lowest BCUT2D eigenvalue weighted by Gasteiger charge is -2.14. The molecule has 0 radical (unpaired) electrons. The molecule has 1 aromatic carbocycles. The van der Waals surface area contributed by atoms with E-state index in [1.165, 1.54) is 24.0 Å². The van der Waals surface area contributed by atoms with Gasteiger partial charge in [0.05, 0.1) is 13.2 Å². The van der Waals surface area contributed by atoms with Gasteiger partial charge in [-0.15, -0.1) is 0 Å². The molecule has 0 aliphatic carbocycles. The van der Waals surface area contributed by atoms with E-state index in [4.69, 9.17) is 9.47 Å². The van der Waals surface area contributed by atoms with Gasteiger partial charge < -0.3 is 9.47 Å². The van der Waals surface area contributed by atoms with Crippen LogP contribution in [-0.4, -0.2) is 18.5 Å². The number of benzene rings is 1. The van der Waals surface area contributed by atoms with Gasteiger partial charge in [0.1, 0.15) is 0 Å². The van der Waals surface area contributed by atoms with E-state index in [0.29, 0.717) is 13.2 Å². The Morgan fingerprint density at radius 2 is 1.88 bits per heavy atom. The minimum atomic E-state index is -0.139. The maximum absolute atomic E-state index is 5.55. The summed E-state index contributed by atoms with van der Waals surface area (Å²) < 4.78 is 11.1. The average molecular weight is 285 g/mol. The molecule has 0 bridgehead atoms. The molecule has 1 fully saturated rings. The highest BCUT2D eigenvalue weighted by Gasteiger charge is 2.20. The quantitative estimate of drug-likeness (QED) is 0.609. The second-order valence-electron chi connectivity index (χ2n) is 3.92. The number of hydrogen-bond acceptors (Lipinski definition) is 2. The molecule has 1 saturated heterocycles. The Kier molecular flexibility index (Phi) is 4.82. The van der Waals surface area contributed by atoms with Gasteiger partial charge in [-0.2, -0.15) is 0 Å². The molecule has 0 atom stereocenters. The number of hydrogen-bond donors (Lipinski definition) is 0. The van der Waals surface area contributed by atoms with Crippen molar-refractivity contribution in [1.29, 1.82) is 0 Å². The molecule has 0 saturated carbocycles. The first kappa shape index (κ1) is 12.1. The van der Waals surface area contributed by atoms with Gasteiger partial charge in [0.25, 0.3) is 0 Å². The zero-order valence-corrected chi connectivity index (χ0v) is 10.9.